The molecule has 4 aromatic rings. The molecular formula is C30H36N6O7. The highest BCUT2D eigenvalue weighted by atomic mass is 16.4. The number of hydrogen-bond donors (Lipinski definition) is 9. The third kappa shape index (κ3) is 7.38. The molecule has 2 aromatic carbocycles. The standard InChI is InChI=1S/C30H36N6O7/c1-15(37)25(31)28(40)34-23(11-17-13-32-21-9-5-3-7-19(17)21)27(39)36-26(16(2)38)29(41)35-24(30(42)43)12-18-14-33-22-10-6-4-8-20(18)22/h3-10,13-16,23-26,32-33,37-38H,11-12,31H2,1-2H3,(H,34,40)(H,35,41)(H,36,39)(H,42,43). The van der Waals surface area contributed by atoms with Gasteiger partial charge in [-0.05, 0) is 37.1 Å². The number of fused-ring (bicyclic) bond motifs is 2. The molecule has 6 unspecified atom stereocenters. The summed E-state index contributed by atoms with van der Waals surface area (Å²) in [6, 6.07) is 9.16. The van der Waals surface area contributed by atoms with Crippen molar-refractivity contribution in [3.8, 4) is 0 Å². The molecule has 0 saturated heterocycles. The summed E-state index contributed by atoms with van der Waals surface area (Å²) in [6.45, 7) is 2.61. The van der Waals surface area contributed by atoms with Crippen LogP contribution in [0, 0.1) is 0 Å². The number of aliphatic carboxylic acids is 1. The van der Waals surface area contributed by atoms with E-state index in [-0.39, 0.29) is 12.8 Å². The fourth-order valence-electron chi connectivity index (χ4n) is 4.86. The minimum atomic E-state index is -1.55. The summed E-state index contributed by atoms with van der Waals surface area (Å²) >= 11 is 0. The van der Waals surface area contributed by atoms with Crippen LogP contribution in [0.4, 0.5) is 0 Å². The lowest BCUT2D eigenvalue weighted by Crippen LogP contribution is -2.61. The van der Waals surface area contributed by atoms with Gasteiger partial charge in [0.2, 0.25) is 17.7 Å². The number of para-hydroxylation sites is 2. The topological polar surface area (TPSA) is 223 Å². The van der Waals surface area contributed by atoms with Gasteiger partial charge in [-0.25, -0.2) is 4.79 Å². The molecular weight excluding hydrogens is 556 g/mol. The van der Waals surface area contributed by atoms with Crippen molar-refractivity contribution < 1.29 is 34.5 Å². The van der Waals surface area contributed by atoms with Crippen LogP contribution in [0.3, 0.4) is 0 Å². The summed E-state index contributed by atoms with van der Waals surface area (Å²) in [7, 11) is 0. The number of hydrogen-bond acceptors (Lipinski definition) is 7. The second-order valence-corrected chi connectivity index (χ2v) is 10.6. The first-order valence-corrected chi connectivity index (χ1v) is 13.8. The number of carboxylic acids is 1. The number of carbonyl (C=O) groups excluding carboxylic acids is 3. The molecule has 0 aliphatic rings. The first-order valence-electron chi connectivity index (χ1n) is 13.8. The fourth-order valence-corrected chi connectivity index (χ4v) is 4.86. The van der Waals surface area contributed by atoms with E-state index in [2.05, 4.69) is 25.9 Å². The number of carbonyl (C=O) groups is 4. The summed E-state index contributed by atoms with van der Waals surface area (Å²) in [5, 5.41) is 39.1. The van der Waals surface area contributed by atoms with E-state index in [0.29, 0.717) is 11.1 Å². The van der Waals surface area contributed by atoms with Gasteiger partial charge >= 0.3 is 5.97 Å². The number of carboxylic acid groups (broad SMARTS) is 1. The minimum Gasteiger partial charge on any atom is -0.480 e. The quantitative estimate of drug-likeness (QED) is 0.103. The van der Waals surface area contributed by atoms with Gasteiger partial charge in [0.25, 0.3) is 0 Å². The third-order valence-corrected chi connectivity index (χ3v) is 7.33. The molecule has 13 nitrogen and oxygen atoms in total. The van der Waals surface area contributed by atoms with Crippen LogP contribution < -0.4 is 21.7 Å². The van der Waals surface area contributed by atoms with Crippen LogP contribution in [0.1, 0.15) is 25.0 Å². The third-order valence-electron chi connectivity index (χ3n) is 7.33. The Morgan fingerprint density at radius 1 is 0.721 bits per heavy atom. The number of amides is 3. The van der Waals surface area contributed by atoms with E-state index in [0.717, 1.165) is 21.8 Å². The van der Waals surface area contributed by atoms with E-state index in [1.807, 2.05) is 48.5 Å². The number of rotatable bonds is 13. The molecule has 4 rings (SSSR count). The maximum Gasteiger partial charge on any atom is 0.326 e. The van der Waals surface area contributed by atoms with E-state index in [1.54, 1.807) is 12.4 Å². The Kier molecular flexibility index (Phi) is 9.80. The lowest BCUT2D eigenvalue weighted by molar-refractivity contribution is -0.143. The molecule has 0 aliphatic heterocycles. The lowest BCUT2D eigenvalue weighted by atomic mass is 10.0. The fraction of sp³-hybridized carbons (Fsp3) is 0.333. The predicted molar refractivity (Wildman–Crippen MR) is 159 cm³/mol. The second-order valence-electron chi connectivity index (χ2n) is 10.6. The first-order chi connectivity index (χ1) is 20.5. The molecule has 2 heterocycles. The van der Waals surface area contributed by atoms with Crippen molar-refractivity contribution in [2.45, 2.75) is 63.1 Å². The molecule has 0 bridgehead atoms. The maximum absolute atomic E-state index is 13.5. The number of H-pyrrole nitrogens is 2. The Hall–Kier alpha value is -4.72. The van der Waals surface area contributed by atoms with Gasteiger partial charge in [0.15, 0.2) is 0 Å². The van der Waals surface area contributed by atoms with Gasteiger partial charge in [-0.2, -0.15) is 0 Å². The Balaban J connectivity index is 1.53. The summed E-state index contributed by atoms with van der Waals surface area (Å²) in [5.74, 6) is -3.84. The van der Waals surface area contributed by atoms with Crippen LogP contribution in [0.25, 0.3) is 21.8 Å². The molecule has 228 valence electrons. The van der Waals surface area contributed by atoms with Crippen molar-refractivity contribution in [3.63, 3.8) is 0 Å². The van der Waals surface area contributed by atoms with Crippen molar-refractivity contribution >= 4 is 45.5 Å². The number of benzene rings is 2. The predicted octanol–water partition coefficient (Wildman–Crippen LogP) is 0.0623. The monoisotopic (exact) mass is 592 g/mol. The van der Waals surface area contributed by atoms with Crippen LogP contribution in [0.5, 0.6) is 0 Å². The zero-order valence-corrected chi connectivity index (χ0v) is 23.7. The zero-order valence-electron chi connectivity index (χ0n) is 23.7. The average Bonchev–Trinajstić information content (AvgIpc) is 3.58. The van der Waals surface area contributed by atoms with Gasteiger partial charge < -0.3 is 47.0 Å². The summed E-state index contributed by atoms with van der Waals surface area (Å²) in [4.78, 5) is 57.8. The Labute approximate surface area is 246 Å². The molecule has 2 aromatic heterocycles. The van der Waals surface area contributed by atoms with Crippen LogP contribution in [-0.4, -0.2) is 85.4 Å². The van der Waals surface area contributed by atoms with Crippen LogP contribution in [-0.2, 0) is 32.0 Å². The van der Waals surface area contributed by atoms with Gasteiger partial charge in [0.05, 0.1) is 12.2 Å². The normalized spacial score (nSPS) is 15.7. The summed E-state index contributed by atoms with van der Waals surface area (Å²) in [5.41, 5.74) is 8.74. The Morgan fingerprint density at radius 3 is 1.70 bits per heavy atom. The van der Waals surface area contributed by atoms with E-state index >= 15 is 0 Å². The smallest absolute Gasteiger partial charge is 0.326 e. The second kappa shape index (κ2) is 13.5. The number of aromatic amines is 2. The molecule has 13 heteroatoms. The van der Waals surface area contributed by atoms with E-state index in [1.165, 1.54) is 13.8 Å². The van der Waals surface area contributed by atoms with E-state index < -0.39 is 60.1 Å². The molecule has 43 heavy (non-hydrogen) atoms. The maximum atomic E-state index is 13.5. The number of aromatic nitrogens is 2. The highest BCUT2D eigenvalue weighted by molar-refractivity contribution is 5.95. The average molecular weight is 593 g/mol. The molecule has 10 N–H and O–H groups in total. The molecule has 0 saturated carbocycles. The lowest BCUT2D eigenvalue weighted by Gasteiger charge is -2.27. The SMILES string of the molecule is CC(O)C(N)C(=O)NC(Cc1c[nH]c2ccccc12)C(=O)NC(C(=O)NC(Cc1c[nH]c2ccccc12)C(=O)O)C(C)O. The van der Waals surface area contributed by atoms with Crippen molar-refractivity contribution in [1.29, 1.82) is 0 Å². The minimum absolute atomic E-state index is 0.0133. The number of aliphatic hydroxyl groups excluding tert-OH is 2. The molecule has 6 atom stereocenters. The largest absolute Gasteiger partial charge is 0.480 e. The van der Waals surface area contributed by atoms with Crippen molar-refractivity contribution in [3.05, 3.63) is 72.1 Å². The van der Waals surface area contributed by atoms with Crippen LogP contribution in [0.15, 0.2) is 60.9 Å². The van der Waals surface area contributed by atoms with Crippen molar-refractivity contribution in [2.75, 3.05) is 0 Å². The van der Waals surface area contributed by atoms with Gasteiger partial charge in [-0.3, -0.25) is 14.4 Å². The first kappa shape index (κ1) is 31.2. The number of nitrogens with one attached hydrogen (secondary N) is 5. The Bertz CT molecular complexity index is 1610. The van der Waals surface area contributed by atoms with Gasteiger partial charge in [0, 0.05) is 47.0 Å². The van der Waals surface area contributed by atoms with Crippen molar-refractivity contribution in [1.82, 2.24) is 25.9 Å². The summed E-state index contributed by atoms with van der Waals surface area (Å²) in [6.07, 6.45) is 0.667. The van der Waals surface area contributed by atoms with E-state index in [4.69, 9.17) is 5.73 Å². The zero-order chi connectivity index (χ0) is 31.3. The molecule has 3 amide bonds. The van der Waals surface area contributed by atoms with Gasteiger partial charge in [-0.15, -0.1) is 0 Å². The van der Waals surface area contributed by atoms with Crippen LogP contribution in [0.2, 0.25) is 0 Å². The highest BCUT2D eigenvalue weighted by Crippen LogP contribution is 2.20. The van der Waals surface area contributed by atoms with Gasteiger partial charge in [-0.1, -0.05) is 36.4 Å². The molecule has 0 radical (unpaired) electrons. The number of nitrogens with two attached hydrogens (primary N) is 1. The van der Waals surface area contributed by atoms with Crippen molar-refractivity contribution in [2.24, 2.45) is 5.73 Å². The van der Waals surface area contributed by atoms with Crippen LogP contribution >= 0.6 is 0 Å². The highest BCUT2D eigenvalue weighted by Gasteiger charge is 2.34. The molecule has 0 aliphatic carbocycles. The Morgan fingerprint density at radius 2 is 1.21 bits per heavy atom. The molecule has 0 spiro atoms. The van der Waals surface area contributed by atoms with E-state index in [9.17, 15) is 34.5 Å². The summed E-state index contributed by atoms with van der Waals surface area (Å²) < 4.78 is 0. The molecule has 0 fully saturated rings. The van der Waals surface area contributed by atoms with Gasteiger partial charge in [0.1, 0.15) is 24.2 Å². The number of aliphatic hydroxyl groups is 2.